The van der Waals surface area contributed by atoms with E-state index in [9.17, 15) is 9.59 Å². The van der Waals surface area contributed by atoms with Gasteiger partial charge in [0.05, 0.1) is 12.5 Å². The van der Waals surface area contributed by atoms with Gasteiger partial charge in [0, 0.05) is 52.4 Å². The highest BCUT2D eigenvalue weighted by Crippen LogP contribution is 2.11. The second-order valence-corrected chi connectivity index (χ2v) is 5.52. The summed E-state index contributed by atoms with van der Waals surface area (Å²) in [5.74, 6) is 0.648. The van der Waals surface area contributed by atoms with Crippen molar-refractivity contribution in [2.75, 3.05) is 58.9 Å². The largest absolute Gasteiger partial charge is 0.342 e. The Kier molecular flexibility index (Phi) is 5.37. The Morgan fingerprint density at radius 1 is 1.10 bits per heavy atom. The molecule has 0 saturated carbocycles. The first-order valence-corrected chi connectivity index (χ1v) is 7.65. The average Bonchev–Trinajstić information content (AvgIpc) is 2.39. The molecule has 0 aromatic rings. The molecule has 0 unspecified atom stereocenters. The summed E-state index contributed by atoms with van der Waals surface area (Å²) < 4.78 is 0. The number of rotatable bonds is 5. The minimum absolute atomic E-state index is 0.179. The minimum atomic E-state index is 0.179. The topological polar surface area (TPSA) is 55.9 Å². The van der Waals surface area contributed by atoms with Crippen molar-refractivity contribution in [3.05, 3.63) is 0 Å². The fourth-order valence-electron chi connectivity index (χ4n) is 2.72. The normalized spacial score (nSPS) is 20.6. The zero-order valence-electron chi connectivity index (χ0n) is 12.6. The number of likely N-dealkylation sites (N-methyl/N-ethyl adjacent to an activating group) is 1. The molecule has 0 bridgehead atoms. The molecule has 0 aliphatic carbocycles. The summed E-state index contributed by atoms with van der Waals surface area (Å²) in [5.41, 5.74) is 0. The van der Waals surface area contributed by atoms with E-state index < -0.39 is 0 Å². The third-order valence-corrected chi connectivity index (χ3v) is 4.29. The summed E-state index contributed by atoms with van der Waals surface area (Å²) in [7, 11) is 0. The molecule has 2 saturated heterocycles. The summed E-state index contributed by atoms with van der Waals surface area (Å²) in [4.78, 5) is 30.1. The molecule has 20 heavy (non-hydrogen) atoms. The maximum absolute atomic E-state index is 12.1. The first-order chi connectivity index (χ1) is 9.65. The molecule has 114 valence electrons. The summed E-state index contributed by atoms with van der Waals surface area (Å²) in [6.07, 6.45) is 0. The molecule has 2 aliphatic heterocycles. The van der Waals surface area contributed by atoms with Crippen molar-refractivity contribution in [3.63, 3.8) is 0 Å². The number of amides is 2. The molecule has 6 nitrogen and oxygen atoms in total. The van der Waals surface area contributed by atoms with Gasteiger partial charge < -0.3 is 15.1 Å². The van der Waals surface area contributed by atoms with Gasteiger partial charge in [-0.1, -0.05) is 0 Å². The molecule has 0 radical (unpaired) electrons. The van der Waals surface area contributed by atoms with Crippen molar-refractivity contribution >= 4 is 11.8 Å². The van der Waals surface area contributed by atoms with Crippen LogP contribution < -0.4 is 5.32 Å². The zero-order valence-corrected chi connectivity index (χ0v) is 12.6. The second kappa shape index (κ2) is 7.04. The van der Waals surface area contributed by atoms with E-state index in [0.29, 0.717) is 6.54 Å². The molecular formula is C14H26N4O2. The van der Waals surface area contributed by atoms with Crippen LogP contribution in [0.1, 0.15) is 13.8 Å². The number of carbonyl (C=O) groups is 2. The Labute approximate surface area is 121 Å². The van der Waals surface area contributed by atoms with Crippen molar-refractivity contribution in [3.8, 4) is 0 Å². The van der Waals surface area contributed by atoms with Gasteiger partial charge in [-0.05, 0) is 13.8 Å². The number of nitrogens with one attached hydrogen (secondary N) is 1. The molecule has 1 N–H and O–H groups in total. The van der Waals surface area contributed by atoms with Crippen LogP contribution in [0.3, 0.4) is 0 Å². The van der Waals surface area contributed by atoms with E-state index in [1.807, 2.05) is 23.6 Å². The lowest BCUT2D eigenvalue weighted by molar-refractivity contribution is -0.139. The summed E-state index contributed by atoms with van der Waals surface area (Å²) in [5, 5.41) is 3.13. The van der Waals surface area contributed by atoms with Crippen LogP contribution in [0.5, 0.6) is 0 Å². The fourth-order valence-corrected chi connectivity index (χ4v) is 2.72. The van der Waals surface area contributed by atoms with Gasteiger partial charge >= 0.3 is 0 Å². The monoisotopic (exact) mass is 282 g/mol. The number of piperazine rings is 1. The molecule has 0 atom stereocenters. The standard InChI is InChI=1S/C14H26N4O2/c1-3-17(4-2)13(19)11-16-5-7-18(8-6-16)14(20)12-9-15-10-12/h12,15H,3-11H2,1-2H3. The summed E-state index contributed by atoms with van der Waals surface area (Å²) >= 11 is 0. The molecule has 2 fully saturated rings. The smallest absolute Gasteiger partial charge is 0.236 e. The molecule has 0 aromatic carbocycles. The van der Waals surface area contributed by atoms with Gasteiger partial charge in [0.15, 0.2) is 0 Å². The van der Waals surface area contributed by atoms with Gasteiger partial charge in [0.25, 0.3) is 0 Å². The predicted molar refractivity (Wildman–Crippen MR) is 77.3 cm³/mol. The Balaban J connectivity index is 1.73. The van der Waals surface area contributed by atoms with Crippen molar-refractivity contribution < 1.29 is 9.59 Å². The van der Waals surface area contributed by atoms with Gasteiger partial charge in [-0.25, -0.2) is 0 Å². The van der Waals surface area contributed by atoms with E-state index in [1.165, 1.54) is 0 Å². The number of hydrogen-bond donors (Lipinski definition) is 1. The summed E-state index contributed by atoms with van der Waals surface area (Å²) in [6.45, 7) is 10.8. The lowest BCUT2D eigenvalue weighted by atomic mass is 10.0. The minimum Gasteiger partial charge on any atom is -0.342 e. The van der Waals surface area contributed by atoms with Crippen molar-refractivity contribution in [1.82, 2.24) is 20.0 Å². The van der Waals surface area contributed by atoms with Crippen LogP contribution in [-0.4, -0.2) is 85.4 Å². The van der Waals surface area contributed by atoms with Crippen molar-refractivity contribution in [1.29, 1.82) is 0 Å². The highest BCUT2D eigenvalue weighted by atomic mass is 16.2. The van der Waals surface area contributed by atoms with Gasteiger partial charge in [-0.15, -0.1) is 0 Å². The van der Waals surface area contributed by atoms with Gasteiger partial charge in [0.1, 0.15) is 0 Å². The van der Waals surface area contributed by atoms with Crippen molar-refractivity contribution in [2.24, 2.45) is 5.92 Å². The average molecular weight is 282 g/mol. The summed E-state index contributed by atoms with van der Waals surface area (Å²) in [6, 6.07) is 0. The third-order valence-electron chi connectivity index (χ3n) is 4.29. The molecular weight excluding hydrogens is 256 g/mol. The zero-order chi connectivity index (χ0) is 14.5. The van der Waals surface area contributed by atoms with Crippen LogP contribution in [0.15, 0.2) is 0 Å². The van der Waals surface area contributed by atoms with Crippen LogP contribution in [0, 0.1) is 5.92 Å². The van der Waals surface area contributed by atoms with Gasteiger partial charge in [-0.2, -0.15) is 0 Å². The molecule has 2 aliphatic rings. The predicted octanol–water partition coefficient (Wildman–Crippen LogP) is -0.782. The van der Waals surface area contributed by atoms with Crippen LogP contribution in [-0.2, 0) is 9.59 Å². The van der Waals surface area contributed by atoms with E-state index in [1.54, 1.807) is 0 Å². The maximum Gasteiger partial charge on any atom is 0.236 e. The molecule has 6 heteroatoms. The van der Waals surface area contributed by atoms with E-state index in [-0.39, 0.29) is 17.7 Å². The van der Waals surface area contributed by atoms with Crippen molar-refractivity contribution in [2.45, 2.75) is 13.8 Å². The quantitative estimate of drug-likeness (QED) is 0.719. The molecule has 2 amide bonds. The second-order valence-electron chi connectivity index (χ2n) is 5.52. The molecule has 0 aromatic heterocycles. The van der Waals surface area contributed by atoms with Crippen LogP contribution >= 0.6 is 0 Å². The van der Waals surface area contributed by atoms with Crippen LogP contribution in [0.25, 0.3) is 0 Å². The Morgan fingerprint density at radius 3 is 2.15 bits per heavy atom. The highest BCUT2D eigenvalue weighted by molar-refractivity contribution is 5.80. The maximum atomic E-state index is 12.1. The lowest BCUT2D eigenvalue weighted by Gasteiger charge is -2.38. The van der Waals surface area contributed by atoms with Gasteiger partial charge in [0.2, 0.25) is 11.8 Å². The Hall–Kier alpha value is -1.14. The first kappa shape index (κ1) is 15.3. The SMILES string of the molecule is CCN(CC)C(=O)CN1CCN(C(=O)C2CNC2)CC1. The molecule has 2 heterocycles. The van der Waals surface area contributed by atoms with Crippen LogP contribution in [0.4, 0.5) is 0 Å². The van der Waals surface area contributed by atoms with E-state index in [2.05, 4.69) is 10.2 Å². The van der Waals surface area contributed by atoms with Gasteiger partial charge in [-0.3, -0.25) is 14.5 Å². The third kappa shape index (κ3) is 3.49. The van der Waals surface area contributed by atoms with E-state index in [4.69, 9.17) is 0 Å². The number of carbonyl (C=O) groups excluding carboxylic acids is 2. The number of nitrogens with zero attached hydrogens (tertiary/aromatic N) is 3. The highest BCUT2D eigenvalue weighted by Gasteiger charge is 2.31. The van der Waals surface area contributed by atoms with Crippen LogP contribution in [0.2, 0.25) is 0 Å². The Morgan fingerprint density at radius 2 is 1.70 bits per heavy atom. The fraction of sp³-hybridized carbons (Fsp3) is 0.857. The number of hydrogen-bond acceptors (Lipinski definition) is 4. The van der Waals surface area contributed by atoms with E-state index >= 15 is 0 Å². The lowest BCUT2D eigenvalue weighted by Crippen LogP contribution is -2.57. The molecule has 0 spiro atoms. The Bertz CT molecular complexity index is 345. The molecule has 2 rings (SSSR count). The van der Waals surface area contributed by atoms with E-state index in [0.717, 1.165) is 52.4 Å². The first-order valence-electron chi connectivity index (χ1n) is 7.65.